The summed E-state index contributed by atoms with van der Waals surface area (Å²) in [6, 6.07) is 13.7. The lowest BCUT2D eigenvalue weighted by atomic mass is 10.2. The van der Waals surface area contributed by atoms with Gasteiger partial charge >= 0.3 is 0 Å². The molecule has 0 N–H and O–H groups in total. The molecule has 0 unspecified atom stereocenters. The van der Waals surface area contributed by atoms with E-state index in [1.54, 1.807) is 23.9 Å². The highest BCUT2D eigenvalue weighted by Gasteiger charge is 2.27. The summed E-state index contributed by atoms with van der Waals surface area (Å²) in [5, 5.41) is 5.68. The molecule has 2 aromatic heterocycles. The first kappa shape index (κ1) is 20.7. The summed E-state index contributed by atoms with van der Waals surface area (Å²) in [7, 11) is -3.52. The van der Waals surface area contributed by atoms with Gasteiger partial charge in [0.2, 0.25) is 10.0 Å². The van der Waals surface area contributed by atoms with Crippen LogP contribution >= 0.6 is 11.8 Å². The van der Waals surface area contributed by atoms with Crippen LogP contribution in [-0.4, -0.2) is 53.8 Å². The minimum Gasteiger partial charge on any atom is -0.379 e. The number of nitrogens with zero attached hydrogens (tertiary/aromatic N) is 4. The van der Waals surface area contributed by atoms with Gasteiger partial charge in [-0.2, -0.15) is 9.40 Å². The lowest BCUT2D eigenvalue weighted by Gasteiger charge is -2.25. The molecule has 1 saturated heterocycles. The van der Waals surface area contributed by atoms with Gasteiger partial charge in [0.25, 0.3) is 0 Å². The molecule has 0 radical (unpaired) electrons. The van der Waals surface area contributed by atoms with E-state index >= 15 is 0 Å². The highest BCUT2D eigenvalue weighted by molar-refractivity contribution is 7.98. The van der Waals surface area contributed by atoms with Gasteiger partial charge in [0.1, 0.15) is 4.90 Å². The zero-order valence-corrected chi connectivity index (χ0v) is 18.7. The number of hydrogen-bond donors (Lipinski definition) is 0. The molecular formula is C22H24N4O3S2. The van der Waals surface area contributed by atoms with Gasteiger partial charge < -0.3 is 4.74 Å². The Morgan fingerprint density at radius 3 is 2.58 bits per heavy atom. The zero-order chi connectivity index (χ0) is 21.3. The van der Waals surface area contributed by atoms with Crippen LogP contribution in [0.25, 0.3) is 5.69 Å². The maximum absolute atomic E-state index is 12.8. The van der Waals surface area contributed by atoms with Gasteiger partial charge in [-0.3, -0.25) is 0 Å². The highest BCUT2D eigenvalue weighted by Crippen LogP contribution is 2.31. The molecule has 0 amide bonds. The van der Waals surface area contributed by atoms with Crippen LogP contribution in [0.4, 0.5) is 0 Å². The molecule has 0 bridgehead atoms. The number of para-hydroxylation sites is 1. The molecule has 1 aromatic carbocycles. The average molecular weight is 457 g/mol. The van der Waals surface area contributed by atoms with Gasteiger partial charge in [-0.15, -0.1) is 0 Å². The Bertz CT molecular complexity index is 1160. The Hall–Kier alpha value is -2.20. The van der Waals surface area contributed by atoms with Gasteiger partial charge in [0, 0.05) is 30.7 Å². The van der Waals surface area contributed by atoms with E-state index in [0.717, 1.165) is 35.7 Å². The summed E-state index contributed by atoms with van der Waals surface area (Å²) < 4.78 is 34.3. The van der Waals surface area contributed by atoms with Crippen LogP contribution in [0.3, 0.4) is 0 Å². The van der Waals surface area contributed by atoms with Crippen molar-refractivity contribution in [3.05, 3.63) is 65.6 Å². The molecule has 3 heterocycles. The first-order valence-electron chi connectivity index (χ1n) is 10.4. The number of hydrogen-bond acceptors (Lipinski definition) is 6. The van der Waals surface area contributed by atoms with Crippen molar-refractivity contribution in [2.45, 2.75) is 34.9 Å². The van der Waals surface area contributed by atoms with E-state index in [4.69, 9.17) is 9.84 Å². The largest absolute Gasteiger partial charge is 0.379 e. The molecule has 9 heteroatoms. The van der Waals surface area contributed by atoms with E-state index in [2.05, 4.69) is 21.8 Å². The topological polar surface area (TPSA) is 77.3 Å². The minimum atomic E-state index is -3.52. The molecule has 5 rings (SSSR count). The molecule has 7 nitrogen and oxygen atoms in total. The Labute approximate surface area is 186 Å². The Kier molecular flexibility index (Phi) is 5.83. The van der Waals surface area contributed by atoms with Crippen molar-refractivity contribution in [1.29, 1.82) is 0 Å². The van der Waals surface area contributed by atoms with Crippen molar-refractivity contribution in [3.8, 4) is 5.69 Å². The van der Waals surface area contributed by atoms with Crippen molar-refractivity contribution < 1.29 is 13.2 Å². The number of benzene rings is 1. The predicted octanol–water partition coefficient (Wildman–Crippen LogP) is 3.07. The van der Waals surface area contributed by atoms with Crippen LogP contribution in [0, 0.1) is 0 Å². The zero-order valence-electron chi connectivity index (χ0n) is 17.1. The van der Waals surface area contributed by atoms with Crippen LogP contribution in [0.1, 0.15) is 23.4 Å². The van der Waals surface area contributed by atoms with Gasteiger partial charge in [0.15, 0.2) is 0 Å². The van der Waals surface area contributed by atoms with E-state index in [1.165, 1.54) is 21.8 Å². The summed E-state index contributed by atoms with van der Waals surface area (Å²) in [6.07, 6.45) is 4.72. The molecule has 1 aliphatic carbocycles. The molecule has 0 atom stereocenters. The number of sulfonamides is 1. The first-order valence-corrected chi connectivity index (χ1v) is 12.9. The van der Waals surface area contributed by atoms with E-state index in [-0.39, 0.29) is 4.90 Å². The fraction of sp³-hybridized carbons (Fsp3) is 0.364. The second-order valence-electron chi connectivity index (χ2n) is 7.61. The maximum atomic E-state index is 12.8. The average Bonchev–Trinajstić information content (AvgIpc) is 3.42. The summed E-state index contributed by atoms with van der Waals surface area (Å²) in [4.78, 5) is 4.63. The number of ether oxygens (including phenoxy) is 1. The SMILES string of the molecule is O=S(=O)(c1ccc(SCc2nn(-c3ccccc3)c3c2CCC3)nc1)N1CCOCC1. The minimum absolute atomic E-state index is 0.230. The van der Waals surface area contributed by atoms with Crippen LogP contribution in [0.15, 0.2) is 58.6 Å². The fourth-order valence-electron chi connectivity index (χ4n) is 4.10. The summed E-state index contributed by atoms with van der Waals surface area (Å²) in [6.45, 7) is 1.63. The number of rotatable bonds is 6. The molecular weight excluding hydrogens is 432 g/mol. The van der Waals surface area contributed by atoms with Crippen LogP contribution in [-0.2, 0) is 33.4 Å². The number of pyridine rings is 1. The Balaban J connectivity index is 1.31. The normalized spacial score (nSPS) is 17.0. The van der Waals surface area contributed by atoms with Gasteiger partial charge in [-0.25, -0.2) is 18.1 Å². The van der Waals surface area contributed by atoms with Crippen LogP contribution in [0.5, 0.6) is 0 Å². The number of fused-ring (bicyclic) bond motifs is 1. The van der Waals surface area contributed by atoms with Gasteiger partial charge in [0.05, 0.1) is 29.6 Å². The molecule has 1 aliphatic heterocycles. The van der Waals surface area contributed by atoms with Crippen molar-refractivity contribution in [1.82, 2.24) is 19.1 Å². The van der Waals surface area contributed by atoms with Crippen molar-refractivity contribution in [2.75, 3.05) is 26.3 Å². The Morgan fingerprint density at radius 2 is 1.84 bits per heavy atom. The van der Waals surface area contributed by atoms with E-state index in [1.807, 2.05) is 18.2 Å². The molecule has 1 fully saturated rings. The number of thioether (sulfide) groups is 1. The third kappa shape index (κ3) is 4.15. The third-order valence-electron chi connectivity index (χ3n) is 5.69. The van der Waals surface area contributed by atoms with E-state index in [9.17, 15) is 8.42 Å². The fourth-order valence-corrected chi connectivity index (χ4v) is 6.26. The quantitative estimate of drug-likeness (QED) is 0.531. The third-order valence-corrected chi connectivity index (χ3v) is 8.53. The Morgan fingerprint density at radius 1 is 1.03 bits per heavy atom. The molecule has 0 spiro atoms. The molecule has 0 saturated carbocycles. The second kappa shape index (κ2) is 8.74. The monoisotopic (exact) mass is 456 g/mol. The number of morpholine rings is 1. The molecule has 2 aliphatic rings. The lowest BCUT2D eigenvalue weighted by molar-refractivity contribution is 0.0730. The molecule has 3 aromatic rings. The van der Waals surface area contributed by atoms with E-state index in [0.29, 0.717) is 32.1 Å². The smallest absolute Gasteiger partial charge is 0.244 e. The van der Waals surface area contributed by atoms with Crippen LogP contribution in [0.2, 0.25) is 0 Å². The van der Waals surface area contributed by atoms with Crippen molar-refractivity contribution in [3.63, 3.8) is 0 Å². The highest BCUT2D eigenvalue weighted by atomic mass is 32.2. The first-order chi connectivity index (χ1) is 15.1. The second-order valence-corrected chi connectivity index (χ2v) is 10.5. The van der Waals surface area contributed by atoms with Gasteiger partial charge in [-0.05, 0) is 49.1 Å². The van der Waals surface area contributed by atoms with Gasteiger partial charge in [-0.1, -0.05) is 30.0 Å². The van der Waals surface area contributed by atoms with Crippen molar-refractivity contribution in [2.24, 2.45) is 0 Å². The predicted molar refractivity (Wildman–Crippen MR) is 119 cm³/mol. The summed E-state index contributed by atoms with van der Waals surface area (Å²) in [5.74, 6) is 0.713. The van der Waals surface area contributed by atoms with E-state index < -0.39 is 10.0 Å². The lowest BCUT2D eigenvalue weighted by Crippen LogP contribution is -2.40. The number of aromatic nitrogens is 3. The molecule has 162 valence electrons. The maximum Gasteiger partial charge on any atom is 0.244 e. The standard InChI is InChI=1S/C22H24N4O3S2/c27-31(28,25-11-13-29-14-12-25)18-9-10-22(23-15-18)30-16-20-19-7-4-8-21(19)26(24-20)17-5-2-1-3-6-17/h1-3,5-6,9-10,15H,4,7-8,11-14,16H2. The van der Waals surface area contributed by atoms with Crippen LogP contribution < -0.4 is 0 Å². The molecule has 31 heavy (non-hydrogen) atoms. The van der Waals surface area contributed by atoms with Crippen molar-refractivity contribution >= 4 is 21.8 Å². The summed E-state index contributed by atoms with van der Waals surface area (Å²) >= 11 is 1.59. The summed E-state index contributed by atoms with van der Waals surface area (Å²) in [5.41, 5.74) is 4.84.